The zero-order chi connectivity index (χ0) is 14.7. The van der Waals surface area contributed by atoms with E-state index in [1.54, 1.807) is 4.90 Å². The average molecular weight is 278 g/mol. The van der Waals surface area contributed by atoms with Crippen LogP contribution in [-0.4, -0.2) is 43.1 Å². The number of likely N-dealkylation sites (N-methyl/N-ethyl adjacent to an activating group) is 1. The third-order valence-corrected chi connectivity index (χ3v) is 3.47. The molecule has 1 saturated heterocycles. The van der Waals surface area contributed by atoms with Crippen molar-refractivity contribution in [1.82, 2.24) is 4.98 Å². The standard InChI is InChI=1S/C13H22N6O/c1-2-18(8-11(16)20)13-10(15)3-4-12(17-13)19-6-5-9(14)7-19/h3-4,9H,2,5-8,14-15H2,1H3,(H2,16,20). The molecule has 20 heavy (non-hydrogen) atoms. The topological polar surface area (TPSA) is 114 Å². The summed E-state index contributed by atoms with van der Waals surface area (Å²) in [6.07, 6.45) is 0.958. The zero-order valence-corrected chi connectivity index (χ0v) is 11.7. The SMILES string of the molecule is CCN(CC(N)=O)c1nc(N2CCC(N)C2)ccc1N. The smallest absolute Gasteiger partial charge is 0.236 e. The van der Waals surface area contributed by atoms with Gasteiger partial charge in [-0.1, -0.05) is 0 Å². The summed E-state index contributed by atoms with van der Waals surface area (Å²) in [6, 6.07) is 3.88. The lowest BCUT2D eigenvalue weighted by molar-refractivity contribution is -0.116. The monoisotopic (exact) mass is 278 g/mol. The Morgan fingerprint density at radius 1 is 1.55 bits per heavy atom. The molecule has 1 unspecified atom stereocenters. The van der Waals surface area contributed by atoms with Gasteiger partial charge in [-0.3, -0.25) is 4.79 Å². The Labute approximate surface area is 118 Å². The minimum Gasteiger partial charge on any atom is -0.396 e. The average Bonchev–Trinajstić information content (AvgIpc) is 2.83. The van der Waals surface area contributed by atoms with Crippen LogP contribution in [0.25, 0.3) is 0 Å². The molecule has 0 radical (unpaired) electrons. The van der Waals surface area contributed by atoms with Crippen LogP contribution in [0.4, 0.5) is 17.3 Å². The number of pyridine rings is 1. The summed E-state index contributed by atoms with van der Waals surface area (Å²) in [6.45, 7) is 4.33. The molecule has 0 bridgehead atoms. The Bertz CT molecular complexity index is 492. The number of hydrogen-bond acceptors (Lipinski definition) is 6. The molecule has 1 aliphatic rings. The van der Waals surface area contributed by atoms with Gasteiger partial charge in [-0.2, -0.15) is 0 Å². The fraction of sp³-hybridized carbons (Fsp3) is 0.538. The Kier molecular flexibility index (Phi) is 4.29. The van der Waals surface area contributed by atoms with Crippen LogP contribution in [0, 0.1) is 0 Å². The van der Waals surface area contributed by atoms with Crippen LogP contribution in [-0.2, 0) is 4.79 Å². The number of hydrogen-bond donors (Lipinski definition) is 3. The zero-order valence-electron chi connectivity index (χ0n) is 11.7. The Hall–Kier alpha value is -2.02. The Morgan fingerprint density at radius 3 is 2.85 bits per heavy atom. The largest absolute Gasteiger partial charge is 0.396 e. The van der Waals surface area contributed by atoms with Gasteiger partial charge in [-0.05, 0) is 25.5 Å². The maximum absolute atomic E-state index is 11.1. The number of rotatable bonds is 5. The number of aromatic nitrogens is 1. The van der Waals surface area contributed by atoms with Gasteiger partial charge in [0, 0.05) is 25.7 Å². The quantitative estimate of drug-likeness (QED) is 0.669. The van der Waals surface area contributed by atoms with Gasteiger partial charge in [-0.25, -0.2) is 4.98 Å². The van der Waals surface area contributed by atoms with Gasteiger partial charge < -0.3 is 27.0 Å². The first-order valence-corrected chi connectivity index (χ1v) is 6.81. The van der Waals surface area contributed by atoms with E-state index in [1.807, 2.05) is 19.1 Å². The van der Waals surface area contributed by atoms with Crippen LogP contribution >= 0.6 is 0 Å². The molecule has 2 heterocycles. The molecule has 2 rings (SSSR count). The lowest BCUT2D eigenvalue weighted by atomic mass is 10.3. The summed E-state index contributed by atoms with van der Waals surface area (Å²) < 4.78 is 0. The van der Waals surface area contributed by atoms with E-state index in [4.69, 9.17) is 17.2 Å². The second kappa shape index (κ2) is 5.96. The third kappa shape index (κ3) is 3.11. The molecule has 110 valence electrons. The second-order valence-corrected chi connectivity index (χ2v) is 5.06. The number of carbonyl (C=O) groups is 1. The Balaban J connectivity index is 2.25. The van der Waals surface area contributed by atoms with Crippen molar-refractivity contribution in [2.75, 3.05) is 41.7 Å². The number of nitrogen functional groups attached to an aromatic ring is 1. The van der Waals surface area contributed by atoms with Gasteiger partial charge in [0.05, 0.1) is 12.2 Å². The number of anilines is 3. The van der Waals surface area contributed by atoms with E-state index in [-0.39, 0.29) is 12.6 Å². The van der Waals surface area contributed by atoms with Crippen molar-refractivity contribution in [2.24, 2.45) is 11.5 Å². The molecule has 1 fully saturated rings. The van der Waals surface area contributed by atoms with E-state index >= 15 is 0 Å². The second-order valence-electron chi connectivity index (χ2n) is 5.06. The number of nitrogens with zero attached hydrogens (tertiary/aromatic N) is 3. The lowest BCUT2D eigenvalue weighted by Crippen LogP contribution is -2.35. The first kappa shape index (κ1) is 14.4. The van der Waals surface area contributed by atoms with E-state index in [2.05, 4.69) is 9.88 Å². The molecule has 1 aromatic rings. The van der Waals surface area contributed by atoms with Crippen LogP contribution in [0.15, 0.2) is 12.1 Å². The summed E-state index contributed by atoms with van der Waals surface area (Å²) >= 11 is 0. The van der Waals surface area contributed by atoms with E-state index in [9.17, 15) is 4.79 Å². The molecule has 0 saturated carbocycles. The number of primary amides is 1. The van der Waals surface area contributed by atoms with Crippen molar-refractivity contribution in [3.8, 4) is 0 Å². The number of nitrogens with two attached hydrogens (primary N) is 3. The fourth-order valence-electron chi connectivity index (χ4n) is 2.40. The first-order chi connectivity index (χ1) is 9.51. The van der Waals surface area contributed by atoms with Gasteiger partial charge in [0.25, 0.3) is 0 Å². The van der Waals surface area contributed by atoms with Crippen LogP contribution in [0.1, 0.15) is 13.3 Å². The molecule has 6 N–H and O–H groups in total. The number of amides is 1. The van der Waals surface area contributed by atoms with Crippen molar-refractivity contribution in [2.45, 2.75) is 19.4 Å². The summed E-state index contributed by atoms with van der Waals surface area (Å²) in [4.78, 5) is 19.6. The summed E-state index contributed by atoms with van der Waals surface area (Å²) in [5.41, 5.74) is 17.7. The van der Waals surface area contributed by atoms with Gasteiger partial charge in [0.2, 0.25) is 5.91 Å². The first-order valence-electron chi connectivity index (χ1n) is 6.81. The van der Waals surface area contributed by atoms with E-state index in [1.165, 1.54) is 0 Å². The highest BCUT2D eigenvalue weighted by atomic mass is 16.1. The van der Waals surface area contributed by atoms with Crippen molar-refractivity contribution in [3.05, 3.63) is 12.1 Å². The third-order valence-electron chi connectivity index (χ3n) is 3.47. The molecule has 1 aliphatic heterocycles. The molecular weight excluding hydrogens is 256 g/mol. The Morgan fingerprint density at radius 2 is 2.30 bits per heavy atom. The molecule has 0 aliphatic carbocycles. The minimum atomic E-state index is -0.401. The maximum atomic E-state index is 11.1. The van der Waals surface area contributed by atoms with Gasteiger partial charge in [0.15, 0.2) is 5.82 Å². The van der Waals surface area contributed by atoms with E-state index in [0.29, 0.717) is 18.1 Å². The highest BCUT2D eigenvalue weighted by Gasteiger charge is 2.22. The molecule has 7 heteroatoms. The van der Waals surface area contributed by atoms with Crippen LogP contribution < -0.4 is 27.0 Å². The van der Waals surface area contributed by atoms with Gasteiger partial charge in [-0.15, -0.1) is 0 Å². The van der Waals surface area contributed by atoms with Crippen LogP contribution in [0.5, 0.6) is 0 Å². The van der Waals surface area contributed by atoms with Crippen molar-refractivity contribution >= 4 is 23.2 Å². The predicted octanol–water partition coefficient (Wildman–Crippen LogP) is -0.487. The fourth-order valence-corrected chi connectivity index (χ4v) is 2.40. The van der Waals surface area contributed by atoms with E-state index in [0.717, 1.165) is 25.3 Å². The number of carbonyl (C=O) groups excluding carboxylic acids is 1. The molecule has 1 amide bonds. The summed E-state index contributed by atoms with van der Waals surface area (Å²) in [7, 11) is 0. The molecule has 1 atom stereocenters. The molecular formula is C13H22N6O. The predicted molar refractivity (Wildman–Crippen MR) is 80.5 cm³/mol. The normalized spacial score (nSPS) is 18.3. The highest BCUT2D eigenvalue weighted by Crippen LogP contribution is 2.26. The molecule has 0 spiro atoms. The molecule has 0 aromatic carbocycles. The van der Waals surface area contributed by atoms with Crippen molar-refractivity contribution < 1.29 is 4.79 Å². The molecule has 7 nitrogen and oxygen atoms in total. The van der Waals surface area contributed by atoms with Crippen molar-refractivity contribution in [3.63, 3.8) is 0 Å². The van der Waals surface area contributed by atoms with E-state index < -0.39 is 5.91 Å². The maximum Gasteiger partial charge on any atom is 0.236 e. The van der Waals surface area contributed by atoms with Crippen LogP contribution in [0.2, 0.25) is 0 Å². The summed E-state index contributed by atoms with van der Waals surface area (Å²) in [5.74, 6) is 1.04. The molecule has 1 aromatic heterocycles. The van der Waals surface area contributed by atoms with Gasteiger partial charge >= 0.3 is 0 Å². The van der Waals surface area contributed by atoms with Gasteiger partial charge in [0.1, 0.15) is 5.82 Å². The van der Waals surface area contributed by atoms with Crippen molar-refractivity contribution in [1.29, 1.82) is 0 Å². The lowest BCUT2D eigenvalue weighted by Gasteiger charge is -2.24. The highest BCUT2D eigenvalue weighted by molar-refractivity contribution is 5.81. The van der Waals surface area contributed by atoms with Crippen LogP contribution in [0.3, 0.4) is 0 Å². The minimum absolute atomic E-state index is 0.108. The summed E-state index contributed by atoms with van der Waals surface area (Å²) in [5, 5.41) is 0.